The predicted molar refractivity (Wildman–Crippen MR) is 91.5 cm³/mol. The molecule has 128 valence electrons. The van der Waals surface area contributed by atoms with Crippen LogP contribution in [0.15, 0.2) is 40.8 Å². The summed E-state index contributed by atoms with van der Waals surface area (Å²) in [5.74, 6) is 1.35. The summed E-state index contributed by atoms with van der Waals surface area (Å²) in [6.45, 7) is 4.14. The lowest BCUT2D eigenvalue weighted by Gasteiger charge is -2.18. The van der Waals surface area contributed by atoms with Crippen LogP contribution in [0.3, 0.4) is 0 Å². The van der Waals surface area contributed by atoms with Crippen molar-refractivity contribution in [3.8, 4) is 0 Å². The molecule has 1 atom stereocenters. The van der Waals surface area contributed by atoms with E-state index in [4.69, 9.17) is 4.42 Å². The number of furan rings is 1. The zero-order valence-electron chi connectivity index (χ0n) is 13.7. The van der Waals surface area contributed by atoms with Crippen LogP contribution in [0.2, 0.25) is 0 Å². The zero-order chi connectivity index (χ0) is 17.3. The molecule has 0 spiro atoms. The van der Waals surface area contributed by atoms with Crippen molar-refractivity contribution >= 4 is 21.6 Å². The Morgan fingerprint density at radius 2 is 2.08 bits per heavy atom. The van der Waals surface area contributed by atoms with Gasteiger partial charge in [-0.25, -0.2) is 8.42 Å². The molecule has 7 heteroatoms. The van der Waals surface area contributed by atoms with Gasteiger partial charge in [0.15, 0.2) is 0 Å². The van der Waals surface area contributed by atoms with Crippen LogP contribution in [0.1, 0.15) is 41.3 Å². The number of amides is 1. The van der Waals surface area contributed by atoms with E-state index in [1.807, 2.05) is 26.0 Å². The minimum Gasteiger partial charge on any atom is -0.464 e. The molecule has 3 rings (SSSR count). The Kier molecular flexibility index (Phi) is 4.36. The fourth-order valence-corrected chi connectivity index (χ4v) is 4.33. The zero-order valence-corrected chi connectivity index (χ0v) is 14.5. The highest BCUT2D eigenvalue weighted by molar-refractivity contribution is 7.93. The number of sulfonamides is 1. The molecule has 0 bridgehead atoms. The number of carbonyl (C=O) groups is 1. The maximum atomic E-state index is 12.4. The van der Waals surface area contributed by atoms with Gasteiger partial charge in [-0.3, -0.25) is 9.10 Å². The maximum Gasteiger partial charge on any atom is 0.251 e. The Balaban J connectivity index is 1.77. The molecule has 1 saturated heterocycles. The number of nitrogens with zero attached hydrogens (tertiary/aromatic N) is 1. The first-order valence-electron chi connectivity index (χ1n) is 7.84. The SMILES string of the molecule is Cc1ccc(C(C)NC(=O)c2cccc(N3CCCS3(=O)=O)c2)o1. The number of rotatable bonds is 4. The van der Waals surface area contributed by atoms with Gasteiger partial charge in [0.2, 0.25) is 10.0 Å². The topological polar surface area (TPSA) is 79.6 Å². The molecule has 24 heavy (non-hydrogen) atoms. The fraction of sp³-hybridized carbons (Fsp3) is 0.353. The van der Waals surface area contributed by atoms with Crippen molar-refractivity contribution in [3.63, 3.8) is 0 Å². The van der Waals surface area contributed by atoms with Gasteiger partial charge in [0.1, 0.15) is 11.5 Å². The molecule has 2 heterocycles. The number of benzene rings is 1. The van der Waals surface area contributed by atoms with E-state index in [0.29, 0.717) is 30.0 Å². The molecule has 1 aromatic heterocycles. The Bertz CT molecular complexity index is 857. The van der Waals surface area contributed by atoms with Gasteiger partial charge < -0.3 is 9.73 Å². The van der Waals surface area contributed by atoms with Gasteiger partial charge in [-0.15, -0.1) is 0 Å². The summed E-state index contributed by atoms with van der Waals surface area (Å²) in [5, 5.41) is 2.86. The number of carbonyl (C=O) groups excluding carboxylic acids is 1. The molecule has 1 aliphatic rings. The van der Waals surface area contributed by atoms with Crippen LogP contribution in [-0.2, 0) is 10.0 Å². The third kappa shape index (κ3) is 3.31. The quantitative estimate of drug-likeness (QED) is 0.921. The van der Waals surface area contributed by atoms with Gasteiger partial charge in [-0.1, -0.05) is 6.07 Å². The van der Waals surface area contributed by atoms with Crippen molar-refractivity contribution in [3.05, 3.63) is 53.5 Å². The molecule has 1 unspecified atom stereocenters. The van der Waals surface area contributed by atoms with Crippen LogP contribution < -0.4 is 9.62 Å². The number of aryl methyl sites for hydroxylation is 1. The summed E-state index contributed by atoms with van der Waals surface area (Å²) in [7, 11) is -3.26. The fourth-order valence-electron chi connectivity index (χ4n) is 2.77. The van der Waals surface area contributed by atoms with E-state index >= 15 is 0 Å². The van der Waals surface area contributed by atoms with Crippen LogP contribution >= 0.6 is 0 Å². The summed E-state index contributed by atoms with van der Waals surface area (Å²) >= 11 is 0. The second-order valence-corrected chi connectivity index (χ2v) is 7.95. The summed E-state index contributed by atoms with van der Waals surface area (Å²) in [5.41, 5.74) is 0.950. The molecular formula is C17H20N2O4S. The lowest BCUT2D eigenvalue weighted by Crippen LogP contribution is -2.28. The van der Waals surface area contributed by atoms with E-state index in [0.717, 1.165) is 5.76 Å². The molecule has 0 saturated carbocycles. The van der Waals surface area contributed by atoms with E-state index in [1.165, 1.54) is 4.31 Å². The Morgan fingerprint density at radius 1 is 1.29 bits per heavy atom. The first-order valence-corrected chi connectivity index (χ1v) is 9.45. The summed E-state index contributed by atoms with van der Waals surface area (Å²) in [6, 6.07) is 10.1. The molecule has 1 aliphatic heterocycles. The van der Waals surface area contributed by atoms with E-state index in [-0.39, 0.29) is 17.7 Å². The molecule has 0 radical (unpaired) electrons. The monoisotopic (exact) mass is 348 g/mol. The first kappa shape index (κ1) is 16.6. The average molecular weight is 348 g/mol. The normalized spacial score (nSPS) is 17.7. The molecule has 1 N–H and O–H groups in total. The molecule has 2 aromatic rings. The standard InChI is InChI=1S/C17H20N2O4S/c1-12-7-8-16(23-12)13(2)18-17(20)14-5-3-6-15(11-14)19-9-4-10-24(19,21)22/h3,5-8,11,13H,4,9-10H2,1-2H3,(H,18,20). The summed E-state index contributed by atoms with van der Waals surface area (Å²) in [6.07, 6.45) is 0.605. The molecular weight excluding hydrogens is 328 g/mol. The Morgan fingerprint density at radius 3 is 2.71 bits per heavy atom. The summed E-state index contributed by atoms with van der Waals surface area (Å²) in [4.78, 5) is 12.4. The molecule has 1 aromatic carbocycles. The molecule has 1 fully saturated rings. The first-order chi connectivity index (χ1) is 11.4. The highest BCUT2D eigenvalue weighted by Gasteiger charge is 2.28. The van der Waals surface area contributed by atoms with Gasteiger partial charge in [0.05, 0.1) is 17.5 Å². The van der Waals surface area contributed by atoms with Crippen LogP contribution in [-0.4, -0.2) is 26.6 Å². The highest BCUT2D eigenvalue weighted by Crippen LogP contribution is 2.25. The Labute approximate surface area is 141 Å². The van der Waals surface area contributed by atoms with Crippen LogP contribution in [0, 0.1) is 6.92 Å². The highest BCUT2D eigenvalue weighted by atomic mass is 32.2. The van der Waals surface area contributed by atoms with Gasteiger partial charge in [-0.05, 0) is 50.6 Å². The molecule has 0 aliphatic carbocycles. The Hall–Kier alpha value is -2.28. The molecule has 1 amide bonds. The number of hydrogen-bond acceptors (Lipinski definition) is 4. The van der Waals surface area contributed by atoms with Gasteiger partial charge >= 0.3 is 0 Å². The largest absolute Gasteiger partial charge is 0.464 e. The second-order valence-electron chi connectivity index (χ2n) is 5.94. The molecule has 6 nitrogen and oxygen atoms in total. The van der Waals surface area contributed by atoms with E-state index in [1.54, 1.807) is 24.3 Å². The number of anilines is 1. The minimum absolute atomic E-state index is 0.151. The minimum atomic E-state index is -3.26. The second kappa shape index (κ2) is 6.32. The smallest absolute Gasteiger partial charge is 0.251 e. The third-order valence-electron chi connectivity index (χ3n) is 4.03. The van der Waals surface area contributed by atoms with Crippen LogP contribution in [0.25, 0.3) is 0 Å². The van der Waals surface area contributed by atoms with Crippen molar-refractivity contribution in [2.24, 2.45) is 0 Å². The van der Waals surface area contributed by atoms with Crippen LogP contribution in [0.4, 0.5) is 5.69 Å². The van der Waals surface area contributed by atoms with Gasteiger partial charge in [-0.2, -0.15) is 0 Å². The lowest BCUT2D eigenvalue weighted by molar-refractivity contribution is 0.0935. The third-order valence-corrected chi connectivity index (χ3v) is 5.90. The van der Waals surface area contributed by atoms with Gasteiger partial charge in [0.25, 0.3) is 5.91 Å². The van der Waals surface area contributed by atoms with Crippen molar-refractivity contribution in [1.82, 2.24) is 5.32 Å². The number of nitrogens with one attached hydrogen (secondary N) is 1. The predicted octanol–water partition coefficient (Wildman–Crippen LogP) is 2.62. The van der Waals surface area contributed by atoms with E-state index < -0.39 is 10.0 Å². The van der Waals surface area contributed by atoms with Crippen molar-refractivity contribution in [1.29, 1.82) is 0 Å². The van der Waals surface area contributed by atoms with Crippen molar-refractivity contribution in [2.75, 3.05) is 16.6 Å². The average Bonchev–Trinajstić information content (AvgIpc) is 3.12. The lowest BCUT2D eigenvalue weighted by atomic mass is 10.1. The summed E-state index contributed by atoms with van der Waals surface area (Å²) < 4.78 is 30.9. The van der Waals surface area contributed by atoms with Crippen molar-refractivity contribution < 1.29 is 17.6 Å². The van der Waals surface area contributed by atoms with Crippen LogP contribution in [0.5, 0.6) is 0 Å². The maximum absolute atomic E-state index is 12.4. The van der Waals surface area contributed by atoms with Crippen molar-refractivity contribution in [2.45, 2.75) is 26.3 Å². The van der Waals surface area contributed by atoms with E-state index in [9.17, 15) is 13.2 Å². The number of hydrogen-bond donors (Lipinski definition) is 1. The van der Waals surface area contributed by atoms with Gasteiger partial charge in [0, 0.05) is 12.1 Å². The van der Waals surface area contributed by atoms with E-state index in [2.05, 4.69) is 5.32 Å².